The highest BCUT2D eigenvalue weighted by Crippen LogP contribution is 2.69. The zero-order valence-corrected chi connectivity index (χ0v) is 25.1. The summed E-state index contributed by atoms with van der Waals surface area (Å²) >= 11 is 0. The molecule has 0 aromatic heterocycles. The number of hydrogen-bond donors (Lipinski definition) is 0. The fourth-order valence-corrected chi connectivity index (χ4v) is 10.2. The van der Waals surface area contributed by atoms with Gasteiger partial charge in [-0.25, -0.2) is 0 Å². The molecule has 0 aromatic rings. The van der Waals surface area contributed by atoms with Gasteiger partial charge in [0.25, 0.3) is 0 Å². The lowest BCUT2D eigenvalue weighted by molar-refractivity contribution is -0.229. The standard InChI is InChI=1S/C30H53B3O4/c1-5-35-25(34)28(4,31)30(32,33)13-6-7-20-9-11-23-22-10-8-21-19-29(36-17-18-37-29)16-15-27(21,3)24(22)12-14-26(20,23)2/h20-24H,5-19,31-33H2,1-4H3. The minimum absolute atomic E-state index is 0.0463. The van der Waals surface area contributed by atoms with Gasteiger partial charge in [0, 0.05) is 18.2 Å². The van der Waals surface area contributed by atoms with Crippen LogP contribution >= 0.6 is 0 Å². The van der Waals surface area contributed by atoms with Gasteiger partial charge in [0.2, 0.25) is 0 Å². The lowest BCUT2D eigenvalue weighted by Gasteiger charge is -2.62. The Balaban J connectivity index is 1.21. The van der Waals surface area contributed by atoms with Crippen LogP contribution in [0.3, 0.4) is 0 Å². The highest BCUT2D eigenvalue weighted by atomic mass is 16.7. The number of carbonyl (C=O) groups excluding carboxylic acids is 1. The van der Waals surface area contributed by atoms with Crippen LogP contribution in [0.15, 0.2) is 0 Å². The number of fused-ring (bicyclic) bond motifs is 5. The van der Waals surface area contributed by atoms with Crippen LogP contribution in [0, 0.1) is 40.4 Å². The molecule has 1 aliphatic heterocycles. The molecule has 0 N–H and O–H groups in total. The third kappa shape index (κ3) is 4.58. The van der Waals surface area contributed by atoms with E-state index >= 15 is 0 Å². The van der Waals surface area contributed by atoms with Gasteiger partial charge >= 0.3 is 5.97 Å². The molecule has 8 atom stereocenters. The van der Waals surface area contributed by atoms with Crippen molar-refractivity contribution in [3.8, 4) is 0 Å². The van der Waals surface area contributed by atoms with E-state index in [-0.39, 0.29) is 17.0 Å². The van der Waals surface area contributed by atoms with Gasteiger partial charge in [0.15, 0.2) is 5.79 Å². The summed E-state index contributed by atoms with van der Waals surface area (Å²) in [7, 11) is 6.61. The number of ether oxygens (including phenoxy) is 3. The van der Waals surface area contributed by atoms with Crippen LogP contribution in [0.4, 0.5) is 0 Å². The van der Waals surface area contributed by atoms with E-state index in [4.69, 9.17) is 14.2 Å². The molecule has 7 heteroatoms. The van der Waals surface area contributed by atoms with E-state index in [1.807, 2.05) is 6.92 Å². The Hall–Kier alpha value is -0.415. The highest BCUT2D eigenvalue weighted by molar-refractivity contribution is 6.48. The Morgan fingerprint density at radius 3 is 2.35 bits per heavy atom. The van der Waals surface area contributed by atoms with E-state index in [2.05, 4.69) is 44.3 Å². The molecule has 5 rings (SSSR count). The van der Waals surface area contributed by atoms with E-state index in [9.17, 15) is 4.79 Å². The van der Waals surface area contributed by atoms with E-state index in [0.29, 0.717) is 17.4 Å². The third-order valence-electron chi connectivity index (χ3n) is 13.5. The van der Waals surface area contributed by atoms with E-state index in [1.54, 1.807) is 0 Å². The molecule has 37 heavy (non-hydrogen) atoms. The van der Waals surface area contributed by atoms with Gasteiger partial charge in [0.05, 0.1) is 35.5 Å². The smallest absolute Gasteiger partial charge is 0.302 e. The summed E-state index contributed by atoms with van der Waals surface area (Å²) in [6.07, 6.45) is 15.7. The van der Waals surface area contributed by atoms with Gasteiger partial charge in [-0.1, -0.05) is 38.8 Å². The quantitative estimate of drug-likeness (QED) is 0.379. The number of carbonyl (C=O) groups is 1. The van der Waals surface area contributed by atoms with Crippen molar-refractivity contribution in [3.63, 3.8) is 0 Å². The lowest BCUT2D eigenvalue weighted by atomic mass is 9.35. The molecule has 1 saturated heterocycles. The van der Waals surface area contributed by atoms with E-state index in [1.165, 1.54) is 57.8 Å². The molecule has 0 bridgehead atoms. The monoisotopic (exact) mass is 510 g/mol. The van der Waals surface area contributed by atoms with Crippen LogP contribution in [-0.4, -0.2) is 55.1 Å². The maximum absolute atomic E-state index is 12.7. The van der Waals surface area contributed by atoms with Gasteiger partial charge in [-0.3, -0.25) is 4.79 Å². The van der Waals surface area contributed by atoms with Gasteiger partial charge in [0.1, 0.15) is 7.85 Å². The average molecular weight is 510 g/mol. The molecule has 0 amide bonds. The Morgan fingerprint density at radius 2 is 1.65 bits per heavy atom. The van der Waals surface area contributed by atoms with Crippen LogP contribution < -0.4 is 0 Å². The number of hydrogen-bond acceptors (Lipinski definition) is 4. The molecule has 206 valence electrons. The molecule has 4 aliphatic carbocycles. The summed E-state index contributed by atoms with van der Waals surface area (Å²) in [5.74, 6) is 4.05. The van der Waals surface area contributed by atoms with Crippen LogP contribution in [0.1, 0.15) is 105 Å². The van der Waals surface area contributed by atoms with Gasteiger partial charge in [-0.15, -0.1) is 0 Å². The molecule has 0 radical (unpaired) electrons. The topological polar surface area (TPSA) is 44.8 Å². The number of esters is 1. The van der Waals surface area contributed by atoms with Crippen molar-refractivity contribution in [1.82, 2.24) is 0 Å². The zero-order valence-electron chi connectivity index (χ0n) is 25.1. The molecule has 5 fully saturated rings. The molecule has 1 spiro atoms. The second-order valence-electron chi connectivity index (χ2n) is 15.4. The van der Waals surface area contributed by atoms with Gasteiger partial charge in [-0.05, 0) is 98.7 Å². The first kappa shape index (κ1) is 28.1. The van der Waals surface area contributed by atoms with Gasteiger partial charge in [-0.2, -0.15) is 0 Å². The van der Waals surface area contributed by atoms with Crippen LogP contribution in [0.5, 0.6) is 0 Å². The average Bonchev–Trinajstić information content (AvgIpc) is 3.44. The van der Waals surface area contributed by atoms with E-state index in [0.717, 1.165) is 62.1 Å². The minimum atomic E-state index is -0.454. The second-order valence-corrected chi connectivity index (χ2v) is 15.4. The van der Waals surface area contributed by atoms with Crippen molar-refractivity contribution in [2.24, 2.45) is 40.4 Å². The summed E-state index contributed by atoms with van der Waals surface area (Å²) in [5, 5.41) is -0.516. The first-order chi connectivity index (χ1) is 17.4. The van der Waals surface area contributed by atoms with Crippen molar-refractivity contribution in [1.29, 1.82) is 0 Å². The van der Waals surface area contributed by atoms with Crippen molar-refractivity contribution in [2.45, 2.75) is 121 Å². The second kappa shape index (κ2) is 9.90. The number of rotatable bonds is 7. The predicted octanol–water partition coefficient (Wildman–Crippen LogP) is 4.32. The summed E-state index contributed by atoms with van der Waals surface area (Å²) in [5.41, 5.74) is 0.990. The van der Waals surface area contributed by atoms with Crippen LogP contribution in [0.25, 0.3) is 0 Å². The molecule has 5 aliphatic rings. The largest absolute Gasteiger partial charge is 0.466 e. The first-order valence-corrected chi connectivity index (χ1v) is 15.8. The van der Waals surface area contributed by atoms with Crippen LogP contribution in [0.2, 0.25) is 10.5 Å². The zero-order chi connectivity index (χ0) is 26.7. The Morgan fingerprint density at radius 1 is 0.946 bits per heavy atom. The molecule has 8 unspecified atom stereocenters. The summed E-state index contributed by atoms with van der Waals surface area (Å²) in [6, 6.07) is 0. The third-order valence-corrected chi connectivity index (χ3v) is 13.5. The summed E-state index contributed by atoms with van der Waals surface area (Å²) in [6.45, 7) is 11.3. The maximum Gasteiger partial charge on any atom is 0.302 e. The van der Waals surface area contributed by atoms with Crippen molar-refractivity contribution < 1.29 is 19.0 Å². The molecular weight excluding hydrogens is 457 g/mol. The Kier molecular flexibility index (Phi) is 7.52. The fourth-order valence-electron chi connectivity index (χ4n) is 10.2. The normalized spacial score (nSPS) is 42.4. The molecule has 4 saturated carbocycles. The first-order valence-electron chi connectivity index (χ1n) is 15.8. The van der Waals surface area contributed by atoms with Gasteiger partial charge < -0.3 is 14.2 Å². The maximum atomic E-state index is 12.7. The minimum Gasteiger partial charge on any atom is -0.466 e. The molecule has 1 heterocycles. The molecule has 0 aromatic carbocycles. The fraction of sp³-hybridized carbons (Fsp3) is 0.967. The van der Waals surface area contributed by atoms with E-state index < -0.39 is 5.31 Å². The molecule has 4 nitrogen and oxygen atoms in total. The van der Waals surface area contributed by atoms with Crippen molar-refractivity contribution >= 4 is 29.5 Å². The predicted molar refractivity (Wildman–Crippen MR) is 157 cm³/mol. The Labute approximate surface area is 229 Å². The lowest BCUT2D eigenvalue weighted by Crippen LogP contribution is -2.56. The van der Waals surface area contributed by atoms with Crippen LogP contribution in [-0.2, 0) is 19.0 Å². The summed E-state index contributed by atoms with van der Waals surface area (Å²) < 4.78 is 17.8. The SMILES string of the molecule is BC(B)(CCCC1CCC2C3CCC4CC5(CCC4(C)C3CCC12C)OCCO5)C(B)(C)C(=O)OCC. The summed E-state index contributed by atoms with van der Waals surface area (Å²) in [4.78, 5) is 12.7. The van der Waals surface area contributed by atoms with Crippen molar-refractivity contribution in [2.75, 3.05) is 19.8 Å². The highest BCUT2D eigenvalue weighted by Gasteiger charge is 2.62. The Bertz CT molecular complexity index is 856. The molecular formula is C30H53B3O4. The van der Waals surface area contributed by atoms with Crippen molar-refractivity contribution in [3.05, 3.63) is 0 Å².